The fourth-order valence-corrected chi connectivity index (χ4v) is 1.55. The maximum absolute atomic E-state index is 10.6. The zero-order chi connectivity index (χ0) is 13.7. The van der Waals surface area contributed by atoms with Gasteiger partial charge in [-0.15, -0.1) is 0 Å². The Morgan fingerprint density at radius 1 is 1.53 bits per heavy atom. The van der Waals surface area contributed by atoms with Crippen LogP contribution in [0.3, 0.4) is 0 Å². The van der Waals surface area contributed by atoms with Crippen molar-refractivity contribution in [3.8, 4) is 6.07 Å². The van der Waals surface area contributed by atoms with Gasteiger partial charge in [-0.2, -0.15) is 10.4 Å². The number of aromatic nitrogens is 3. The number of benzene rings is 1. The number of nitriles is 1. The molecule has 1 aromatic heterocycles. The summed E-state index contributed by atoms with van der Waals surface area (Å²) in [6.45, 7) is 1.12. The number of nitro benzene ring substituents is 1. The van der Waals surface area contributed by atoms with Crippen LogP contribution in [0.2, 0.25) is 0 Å². The minimum Gasteiger partial charge on any atom is -0.382 e. The Morgan fingerprint density at radius 2 is 2.37 bits per heavy atom. The van der Waals surface area contributed by atoms with Gasteiger partial charge in [-0.05, 0) is 6.07 Å². The molecule has 0 atom stereocenters. The molecular formula is C11H10N6O2. The SMILES string of the molecule is N#Cc1cc([N+](=O)[O-])ccc1NCCn1cncn1. The molecule has 2 rings (SSSR count). The molecule has 1 N–H and O–H groups in total. The highest BCUT2D eigenvalue weighted by atomic mass is 16.6. The van der Waals surface area contributed by atoms with Crippen molar-refractivity contribution < 1.29 is 4.92 Å². The average molecular weight is 258 g/mol. The van der Waals surface area contributed by atoms with Crippen LogP contribution in [-0.4, -0.2) is 26.2 Å². The number of nitro groups is 1. The molecule has 0 spiro atoms. The number of rotatable bonds is 5. The lowest BCUT2D eigenvalue weighted by Crippen LogP contribution is -2.11. The van der Waals surface area contributed by atoms with E-state index in [0.29, 0.717) is 18.8 Å². The predicted molar refractivity (Wildman–Crippen MR) is 66.3 cm³/mol. The number of nitrogens with zero attached hydrogens (tertiary/aromatic N) is 5. The van der Waals surface area contributed by atoms with E-state index in [2.05, 4.69) is 15.4 Å². The Bertz CT molecular complexity index is 617. The fourth-order valence-electron chi connectivity index (χ4n) is 1.55. The van der Waals surface area contributed by atoms with Gasteiger partial charge < -0.3 is 5.32 Å². The van der Waals surface area contributed by atoms with Crippen LogP contribution in [0.15, 0.2) is 30.9 Å². The number of anilines is 1. The molecule has 8 heteroatoms. The summed E-state index contributed by atoms with van der Waals surface area (Å²) in [7, 11) is 0. The van der Waals surface area contributed by atoms with Gasteiger partial charge in [-0.25, -0.2) is 4.98 Å². The van der Waals surface area contributed by atoms with Crippen molar-refractivity contribution in [3.05, 3.63) is 46.5 Å². The maximum Gasteiger partial charge on any atom is 0.270 e. The van der Waals surface area contributed by atoms with Crippen molar-refractivity contribution in [1.29, 1.82) is 5.26 Å². The molecular weight excluding hydrogens is 248 g/mol. The first-order valence-corrected chi connectivity index (χ1v) is 5.45. The Kier molecular flexibility index (Phi) is 3.68. The average Bonchev–Trinajstić information content (AvgIpc) is 2.92. The standard InChI is InChI=1S/C11H10N6O2/c12-6-9-5-10(17(18)19)1-2-11(9)14-3-4-16-8-13-7-15-16/h1-2,5,7-8,14H,3-4H2. The van der Waals surface area contributed by atoms with E-state index in [1.807, 2.05) is 6.07 Å². The summed E-state index contributed by atoms with van der Waals surface area (Å²) in [4.78, 5) is 13.9. The van der Waals surface area contributed by atoms with Gasteiger partial charge in [-0.1, -0.05) is 0 Å². The molecule has 96 valence electrons. The summed E-state index contributed by atoms with van der Waals surface area (Å²) < 4.78 is 1.64. The van der Waals surface area contributed by atoms with E-state index in [4.69, 9.17) is 5.26 Å². The number of non-ortho nitro benzene ring substituents is 1. The summed E-state index contributed by atoms with van der Waals surface area (Å²) in [6.07, 6.45) is 3.02. The van der Waals surface area contributed by atoms with Crippen molar-refractivity contribution in [2.24, 2.45) is 0 Å². The van der Waals surface area contributed by atoms with E-state index in [9.17, 15) is 10.1 Å². The highest BCUT2D eigenvalue weighted by molar-refractivity contribution is 5.61. The van der Waals surface area contributed by atoms with Crippen molar-refractivity contribution >= 4 is 11.4 Å². The molecule has 19 heavy (non-hydrogen) atoms. The fraction of sp³-hybridized carbons (Fsp3) is 0.182. The molecule has 0 radical (unpaired) electrons. The lowest BCUT2D eigenvalue weighted by molar-refractivity contribution is -0.384. The van der Waals surface area contributed by atoms with E-state index in [0.717, 1.165) is 0 Å². The summed E-state index contributed by atoms with van der Waals surface area (Å²) in [5, 5.41) is 26.5. The normalized spacial score (nSPS) is 9.84. The second kappa shape index (κ2) is 5.59. The first kappa shape index (κ1) is 12.5. The first-order chi connectivity index (χ1) is 9.20. The van der Waals surface area contributed by atoms with E-state index >= 15 is 0 Å². The summed E-state index contributed by atoms with van der Waals surface area (Å²) in [5.41, 5.74) is 0.708. The number of hydrogen-bond donors (Lipinski definition) is 1. The van der Waals surface area contributed by atoms with Gasteiger partial charge in [0.25, 0.3) is 5.69 Å². The molecule has 0 unspecified atom stereocenters. The van der Waals surface area contributed by atoms with E-state index < -0.39 is 4.92 Å². The third-order valence-electron chi connectivity index (χ3n) is 2.46. The van der Waals surface area contributed by atoms with Crippen molar-refractivity contribution in [3.63, 3.8) is 0 Å². The van der Waals surface area contributed by atoms with Gasteiger partial charge in [0.2, 0.25) is 0 Å². The minimum absolute atomic E-state index is 0.0987. The molecule has 8 nitrogen and oxygen atoms in total. The molecule has 1 aromatic carbocycles. The van der Waals surface area contributed by atoms with E-state index in [-0.39, 0.29) is 11.3 Å². The lowest BCUT2D eigenvalue weighted by atomic mass is 10.1. The van der Waals surface area contributed by atoms with E-state index in [1.54, 1.807) is 11.0 Å². The Hall–Kier alpha value is -2.95. The molecule has 0 aliphatic heterocycles. The minimum atomic E-state index is -0.528. The topological polar surface area (TPSA) is 110 Å². The van der Waals surface area contributed by atoms with Gasteiger partial charge in [0.1, 0.15) is 18.7 Å². The van der Waals surface area contributed by atoms with Crippen molar-refractivity contribution in [1.82, 2.24) is 14.8 Å². The largest absolute Gasteiger partial charge is 0.382 e. The Labute approximate surface area is 108 Å². The van der Waals surface area contributed by atoms with Crippen LogP contribution < -0.4 is 5.32 Å². The molecule has 2 aromatic rings. The zero-order valence-electron chi connectivity index (χ0n) is 9.85. The van der Waals surface area contributed by atoms with Crippen LogP contribution >= 0.6 is 0 Å². The van der Waals surface area contributed by atoms with Gasteiger partial charge in [0.05, 0.1) is 22.7 Å². The predicted octanol–water partition coefficient (Wildman–Crippen LogP) is 1.17. The van der Waals surface area contributed by atoms with Gasteiger partial charge in [0, 0.05) is 18.7 Å². The third kappa shape index (κ3) is 3.04. The highest BCUT2D eigenvalue weighted by Crippen LogP contribution is 2.21. The van der Waals surface area contributed by atoms with Crippen LogP contribution in [0.4, 0.5) is 11.4 Å². The molecule has 0 aliphatic carbocycles. The molecule has 0 amide bonds. The molecule has 0 saturated heterocycles. The highest BCUT2D eigenvalue weighted by Gasteiger charge is 2.10. The number of nitrogens with one attached hydrogen (secondary N) is 1. The summed E-state index contributed by atoms with van der Waals surface area (Å²) in [5.74, 6) is 0. The lowest BCUT2D eigenvalue weighted by Gasteiger charge is -2.07. The summed E-state index contributed by atoms with van der Waals surface area (Å²) >= 11 is 0. The van der Waals surface area contributed by atoms with Crippen LogP contribution in [0, 0.1) is 21.4 Å². The molecule has 0 fully saturated rings. The second-order valence-corrected chi connectivity index (χ2v) is 3.68. The van der Waals surface area contributed by atoms with Gasteiger partial charge in [-0.3, -0.25) is 14.8 Å². The zero-order valence-corrected chi connectivity index (χ0v) is 9.85. The smallest absolute Gasteiger partial charge is 0.270 e. The van der Waals surface area contributed by atoms with Gasteiger partial charge >= 0.3 is 0 Å². The number of hydrogen-bond acceptors (Lipinski definition) is 6. The molecule has 0 saturated carbocycles. The van der Waals surface area contributed by atoms with Gasteiger partial charge in [0.15, 0.2) is 0 Å². The van der Waals surface area contributed by atoms with E-state index in [1.165, 1.54) is 24.5 Å². The monoisotopic (exact) mass is 258 g/mol. The van der Waals surface area contributed by atoms with Crippen LogP contribution in [0.25, 0.3) is 0 Å². The molecule has 1 heterocycles. The molecule has 0 bridgehead atoms. The van der Waals surface area contributed by atoms with Crippen LogP contribution in [0.1, 0.15) is 5.56 Å². The Balaban J connectivity index is 2.04. The third-order valence-corrected chi connectivity index (χ3v) is 2.46. The van der Waals surface area contributed by atoms with Crippen molar-refractivity contribution in [2.75, 3.05) is 11.9 Å². The van der Waals surface area contributed by atoms with Crippen molar-refractivity contribution in [2.45, 2.75) is 6.54 Å². The summed E-state index contributed by atoms with van der Waals surface area (Å²) in [6, 6.07) is 6.07. The quantitative estimate of drug-likeness (QED) is 0.636. The van der Waals surface area contributed by atoms with Crippen LogP contribution in [-0.2, 0) is 6.54 Å². The Morgan fingerprint density at radius 3 is 3.00 bits per heavy atom. The molecule has 0 aliphatic rings. The second-order valence-electron chi connectivity index (χ2n) is 3.68. The maximum atomic E-state index is 10.6. The van der Waals surface area contributed by atoms with Crippen LogP contribution in [0.5, 0.6) is 0 Å². The first-order valence-electron chi connectivity index (χ1n) is 5.45.